The summed E-state index contributed by atoms with van der Waals surface area (Å²) in [4.78, 5) is 12.6. The summed E-state index contributed by atoms with van der Waals surface area (Å²) in [7, 11) is 1.49. The van der Waals surface area contributed by atoms with Crippen LogP contribution in [0.1, 0.15) is 40.8 Å². The van der Waals surface area contributed by atoms with E-state index in [4.69, 9.17) is 0 Å². The highest BCUT2D eigenvalue weighted by Crippen LogP contribution is 2.30. The van der Waals surface area contributed by atoms with Gasteiger partial charge >= 0.3 is 6.18 Å². The molecule has 174 valence electrons. The Kier molecular flexibility index (Phi) is 7.81. The molecule has 0 aliphatic rings. The third kappa shape index (κ3) is 6.38. The Morgan fingerprint density at radius 3 is 2.12 bits per heavy atom. The van der Waals surface area contributed by atoms with E-state index >= 15 is 0 Å². The molecule has 0 aromatic heterocycles. The van der Waals surface area contributed by atoms with Gasteiger partial charge < -0.3 is 5.32 Å². The Hall–Kier alpha value is -3.26. The van der Waals surface area contributed by atoms with E-state index in [0.29, 0.717) is 29.5 Å². The van der Waals surface area contributed by atoms with Gasteiger partial charge in [-0.05, 0) is 53.8 Å². The molecule has 0 aliphatic heterocycles. The molecule has 1 amide bonds. The van der Waals surface area contributed by atoms with Gasteiger partial charge in [0.25, 0.3) is 0 Å². The van der Waals surface area contributed by atoms with Crippen LogP contribution < -0.4 is 10.6 Å². The fourth-order valence-electron chi connectivity index (χ4n) is 3.56. The molecular weight excluding hydrogens is 439 g/mol. The lowest BCUT2D eigenvalue weighted by Gasteiger charge is -2.26. The summed E-state index contributed by atoms with van der Waals surface area (Å²) in [6.07, 6.45) is -3.74. The van der Waals surface area contributed by atoms with Crippen LogP contribution >= 0.6 is 0 Å². The number of carbonyl (C=O) groups is 1. The van der Waals surface area contributed by atoms with E-state index in [1.165, 1.54) is 25.2 Å². The van der Waals surface area contributed by atoms with Gasteiger partial charge in [0.05, 0.1) is 5.56 Å². The fraction of sp³-hybridized carbons (Fsp3) is 0.240. The van der Waals surface area contributed by atoms with Gasteiger partial charge in [-0.3, -0.25) is 10.1 Å². The number of carbonyl (C=O) groups excluding carboxylic acids is 1. The van der Waals surface area contributed by atoms with E-state index in [2.05, 4.69) is 10.6 Å². The molecule has 3 aromatic rings. The van der Waals surface area contributed by atoms with Crippen LogP contribution in [0.5, 0.6) is 0 Å². The zero-order chi connectivity index (χ0) is 24.0. The topological polar surface area (TPSA) is 41.1 Å². The van der Waals surface area contributed by atoms with Gasteiger partial charge in [0.2, 0.25) is 5.91 Å². The van der Waals surface area contributed by atoms with E-state index in [1.54, 1.807) is 24.3 Å². The van der Waals surface area contributed by atoms with E-state index in [-0.39, 0.29) is 5.91 Å². The third-order valence-electron chi connectivity index (χ3n) is 5.36. The largest absolute Gasteiger partial charge is 0.416 e. The zero-order valence-electron chi connectivity index (χ0n) is 17.8. The Balaban J connectivity index is 1.87. The van der Waals surface area contributed by atoms with Crippen molar-refractivity contribution in [2.24, 2.45) is 0 Å². The lowest BCUT2D eigenvalue weighted by atomic mass is 9.96. The Labute approximate surface area is 188 Å². The molecule has 2 unspecified atom stereocenters. The zero-order valence-corrected chi connectivity index (χ0v) is 17.8. The number of benzene rings is 3. The molecule has 0 radical (unpaired) electrons. The molecular formula is C25H23F5N2O. The van der Waals surface area contributed by atoms with Gasteiger partial charge in [-0.15, -0.1) is 0 Å². The van der Waals surface area contributed by atoms with E-state index in [1.807, 2.05) is 6.07 Å². The SMILES string of the molecule is CNC(=O)C(NC(CCc1ccc(C(F)(F)F)cc1)c1ccc(F)c(F)c1)c1ccccc1. The molecule has 2 atom stereocenters. The van der Waals surface area contributed by atoms with Crippen LogP contribution in [0, 0.1) is 11.6 Å². The predicted molar refractivity (Wildman–Crippen MR) is 115 cm³/mol. The summed E-state index contributed by atoms with van der Waals surface area (Å²) in [6.45, 7) is 0. The fourth-order valence-corrected chi connectivity index (χ4v) is 3.56. The first-order valence-corrected chi connectivity index (χ1v) is 10.3. The van der Waals surface area contributed by atoms with Gasteiger partial charge in [-0.25, -0.2) is 8.78 Å². The first-order valence-electron chi connectivity index (χ1n) is 10.3. The second kappa shape index (κ2) is 10.6. The summed E-state index contributed by atoms with van der Waals surface area (Å²) in [5.74, 6) is -2.33. The van der Waals surface area contributed by atoms with Crippen molar-refractivity contribution in [3.63, 3.8) is 0 Å². The summed E-state index contributed by atoms with van der Waals surface area (Å²) in [5.41, 5.74) is 1.00. The lowest BCUT2D eigenvalue weighted by molar-refractivity contribution is -0.137. The first-order chi connectivity index (χ1) is 15.7. The van der Waals surface area contributed by atoms with Gasteiger partial charge in [0, 0.05) is 13.1 Å². The van der Waals surface area contributed by atoms with E-state index in [0.717, 1.165) is 24.3 Å². The van der Waals surface area contributed by atoms with Crippen molar-refractivity contribution in [3.05, 3.63) is 107 Å². The third-order valence-corrected chi connectivity index (χ3v) is 5.36. The molecule has 0 saturated carbocycles. The highest BCUT2D eigenvalue weighted by Gasteiger charge is 2.30. The number of amides is 1. The highest BCUT2D eigenvalue weighted by molar-refractivity contribution is 5.83. The minimum Gasteiger partial charge on any atom is -0.358 e. The van der Waals surface area contributed by atoms with Gasteiger partial charge in [0.15, 0.2) is 11.6 Å². The molecule has 33 heavy (non-hydrogen) atoms. The smallest absolute Gasteiger partial charge is 0.358 e. The minimum absolute atomic E-state index is 0.316. The van der Waals surface area contributed by atoms with E-state index < -0.39 is 35.5 Å². The molecule has 0 fully saturated rings. The molecule has 0 heterocycles. The van der Waals surface area contributed by atoms with Crippen LogP contribution in [0.4, 0.5) is 22.0 Å². The molecule has 0 bridgehead atoms. The summed E-state index contributed by atoms with van der Waals surface area (Å²) in [5, 5.41) is 5.80. The molecule has 0 saturated heterocycles. The molecule has 3 nitrogen and oxygen atoms in total. The number of nitrogens with one attached hydrogen (secondary N) is 2. The number of hydrogen-bond acceptors (Lipinski definition) is 2. The van der Waals surface area contributed by atoms with Crippen LogP contribution in [-0.2, 0) is 17.4 Å². The van der Waals surface area contributed by atoms with Crippen LogP contribution in [0.2, 0.25) is 0 Å². The molecule has 8 heteroatoms. The minimum atomic E-state index is -4.43. The van der Waals surface area contributed by atoms with Crippen molar-refractivity contribution in [1.29, 1.82) is 0 Å². The molecule has 0 spiro atoms. The molecule has 3 aromatic carbocycles. The molecule has 0 aliphatic carbocycles. The quantitative estimate of drug-likeness (QED) is 0.420. The Morgan fingerprint density at radius 2 is 1.55 bits per heavy atom. The number of halogens is 5. The van der Waals surface area contributed by atoms with Crippen LogP contribution in [0.15, 0.2) is 72.8 Å². The molecule has 3 rings (SSSR count). The van der Waals surface area contributed by atoms with Gasteiger partial charge in [-0.2, -0.15) is 13.2 Å². The van der Waals surface area contributed by atoms with Crippen molar-refractivity contribution in [1.82, 2.24) is 10.6 Å². The van der Waals surface area contributed by atoms with Gasteiger partial charge in [0.1, 0.15) is 6.04 Å². The van der Waals surface area contributed by atoms with Gasteiger partial charge in [-0.1, -0.05) is 48.5 Å². The summed E-state index contributed by atoms with van der Waals surface area (Å²) in [6, 6.07) is 15.8. The van der Waals surface area contributed by atoms with Crippen molar-refractivity contribution in [2.75, 3.05) is 7.05 Å². The highest BCUT2D eigenvalue weighted by atomic mass is 19.4. The van der Waals surface area contributed by atoms with Crippen molar-refractivity contribution in [3.8, 4) is 0 Å². The first kappa shape index (κ1) is 24.4. The molecule has 2 N–H and O–H groups in total. The van der Waals surface area contributed by atoms with Crippen LogP contribution in [0.25, 0.3) is 0 Å². The summed E-state index contributed by atoms with van der Waals surface area (Å²) >= 11 is 0. The average Bonchev–Trinajstić information content (AvgIpc) is 2.81. The van der Waals surface area contributed by atoms with E-state index in [9.17, 15) is 26.7 Å². The second-order valence-electron chi connectivity index (χ2n) is 7.58. The normalized spacial score (nSPS) is 13.4. The number of likely N-dealkylation sites (N-methyl/N-ethyl adjacent to an activating group) is 1. The van der Waals surface area contributed by atoms with Crippen molar-refractivity contribution in [2.45, 2.75) is 31.1 Å². The number of alkyl halides is 3. The van der Waals surface area contributed by atoms with Crippen molar-refractivity contribution < 1.29 is 26.7 Å². The number of aryl methyl sites for hydroxylation is 1. The standard InChI is InChI=1S/C25H23F5N2O/c1-31-24(33)23(17-5-3-2-4-6-17)32-22(18-10-13-20(26)21(27)15-18)14-9-16-7-11-19(12-8-16)25(28,29)30/h2-8,10-13,15,22-23,32H,9,14H2,1H3,(H,31,33). The maximum absolute atomic E-state index is 14.0. The maximum atomic E-state index is 14.0. The Bertz CT molecular complexity index is 1070. The van der Waals surface area contributed by atoms with Crippen LogP contribution in [0.3, 0.4) is 0 Å². The number of rotatable bonds is 8. The average molecular weight is 462 g/mol. The van der Waals surface area contributed by atoms with Crippen molar-refractivity contribution >= 4 is 5.91 Å². The van der Waals surface area contributed by atoms with Crippen LogP contribution in [-0.4, -0.2) is 13.0 Å². The second-order valence-corrected chi connectivity index (χ2v) is 7.58. The Morgan fingerprint density at radius 1 is 0.879 bits per heavy atom. The lowest BCUT2D eigenvalue weighted by Crippen LogP contribution is -2.38. The maximum Gasteiger partial charge on any atom is 0.416 e. The monoisotopic (exact) mass is 462 g/mol. The summed E-state index contributed by atoms with van der Waals surface area (Å²) < 4.78 is 65.9. The number of hydrogen-bond donors (Lipinski definition) is 2. The predicted octanol–water partition coefficient (Wildman–Crippen LogP) is 5.73.